The van der Waals surface area contributed by atoms with Gasteiger partial charge in [0.2, 0.25) is 11.8 Å². The van der Waals surface area contributed by atoms with Crippen LogP contribution in [0.5, 0.6) is 23.0 Å². The number of amides is 8. The van der Waals surface area contributed by atoms with Crippen LogP contribution in [0, 0.1) is 5.41 Å². The highest BCUT2D eigenvalue weighted by Gasteiger charge is 2.53. The zero-order chi connectivity index (χ0) is 59.0. The lowest BCUT2D eigenvalue weighted by molar-refractivity contribution is -0.167. The van der Waals surface area contributed by atoms with Crippen molar-refractivity contribution in [1.29, 1.82) is 0 Å². The van der Waals surface area contributed by atoms with Gasteiger partial charge in [-0.15, -0.1) is 0 Å². The van der Waals surface area contributed by atoms with E-state index in [2.05, 4.69) is 35.7 Å². The molecule has 3 aromatic carbocycles. The second-order valence-corrected chi connectivity index (χ2v) is 20.6. The molecule has 1 aliphatic carbocycles. The van der Waals surface area contributed by atoms with Crippen molar-refractivity contribution in [2.24, 2.45) is 11.1 Å². The quantitative estimate of drug-likeness (QED) is 0.0295. The Morgan fingerprint density at radius 1 is 0.817 bits per heavy atom. The number of unbranched alkanes of at least 4 members (excludes halogenated alkanes) is 2. The molecule has 8 rings (SSSR count). The Bertz CT molecular complexity index is 3020. The number of aliphatic hydroxyl groups is 2. The van der Waals surface area contributed by atoms with Gasteiger partial charge in [-0.3, -0.25) is 28.9 Å². The number of methoxy groups -OCH3 is 2. The lowest BCUT2D eigenvalue weighted by Gasteiger charge is -2.38. The van der Waals surface area contributed by atoms with Gasteiger partial charge in [0.15, 0.2) is 29.2 Å². The number of fused-ring (bicyclic) bond motifs is 4. The van der Waals surface area contributed by atoms with E-state index in [4.69, 9.17) is 34.2 Å². The monoisotopic (exact) mass is 1140 g/mol. The third-order valence-corrected chi connectivity index (χ3v) is 15.2. The zero-order valence-corrected chi connectivity index (χ0v) is 45.6. The van der Waals surface area contributed by atoms with Crippen LogP contribution < -0.4 is 50.4 Å². The van der Waals surface area contributed by atoms with Crippen LogP contribution in [0.2, 0.25) is 0 Å². The summed E-state index contributed by atoms with van der Waals surface area (Å²) in [6, 6.07) is 8.48. The summed E-state index contributed by atoms with van der Waals surface area (Å²) in [5, 5.41) is 40.7. The number of carboxylic acid groups (broad SMARTS) is 1. The van der Waals surface area contributed by atoms with E-state index in [1.54, 1.807) is 24.3 Å². The summed E-state index contributed by atoms with van der Waals surface area (Å²) in [4.78, 5) is 111. The van der Waals surface area contributed by atoms with E-state index in [-0.39, 0.29) is 130 Å². The van der Waals surface area contributed by atoms with Crippen molar-refractivity contribution in [3.05, 3.63) is 102 Å². The number of esters is 1. The minimum atomic E-state index is -1.58. The maximum Gasteiger partial charge on any atom is 0.416 e. The molecule has 4 aliphatic heterocycles. The van der Waals surface area contributed by atoms with Crippen molar-refractivity contribution in [2.45, 2.75) is 94.9 Å². The van der Waals surface area contributed by atoms with Crippen LogP contribution in [0.4, 0.5) is 31.4 Å². The summed E-state index contributed by atoms with van der Waals surface area (Å²) < 4.78 is 34.5. The van der Waals surface area contributed by atoms with Crippen molar-refractivity contribution in [1.82, 2.24) is 20.4 Å². The second-order valence-electron chi connectivity index (χ2n) is 20.6. The molecule has 8 N–H and O–H groups in total. The van der Waals surface area contributed by atoms with Gasteiger partial charge in [0, 0.05) is 37.5 Å². The molecule has 3 aromatic rings. The Kier molecular flexibility index (Phi) is 18.6. The number of ether oxygens (including phenoxy) is 6. The van der Waals surface area contributed by atoms with Gasteiger partial charge in [0.25, 0.3) is 11.8 Å². The SMILES string of the molecule is C=CCOC(=O)C1(C(=O)N[C@@H](CCCNC(N)=O)C(=O)Nc2ccc(COC(=O)N3c4cc(OCCCCCOc5cc6c(cc5OC)C(=O)N5CC(=C)C(O)[C@@H]5CN6C(=O)O)c(OC)cc4C(=O)N4CC(=C)C[C@H]4[C@@H]3O)cc2)CCC1. The first-order chi connectivity index (χ1) is 39.3. The molecule has 5 aliphatic rings. The topological polar surface area (TPSA) is 328 Å². The van der Waals surface area contributed by atoms with Gasteiger partial charge in [-0.25, -0.2) is 19.3 Å². The third-order valence-electron chi connectivity index (χ3n) is 15.2. The highest BCUT2D eigenvalue weighted by Crippen LogP contribution is 2.45. The third kappa shape index (κ3) is 12.5. The maximum atomic E-state index is 14.3. The summed E-state index contributed by atoms with van der Waals surface area (Å²) in [5.74, 6) is -2.14. The van der Waals surface area contributed by atoms with Crippen LogP contribution in [0.3, 0.4) is 0 Å². The number of aliphatic hydroxyl groups excluding tert-OH is 2. The molecule has 0 spiro atoms. The Morgan fingerprint density at radius 2 is 1.44 bits per heavy atom. The molecule has 0 radical (unpaired) electrons. The first kappa shape index (κ1) is 59.3. The van der Waals surface area contributed by atoms with Gasteiger partial charge >= 0.3 is 24.2 Å². The molecule has 1 unspecified atom stereocenters. The van der Waals surface area contributed by atoms with Crippen LogP contribution in [-0.4, -0.2) is 164 Å². The van der Waals surface area contributed by atoms with E-state index >= 15 is 0 Å². The van der Waals surface area contributed by atoms with E-state index in [1.165, 1.54) is 54.4 Å². The lowest BCUT2D eigenvalue weighted by atomic mass is 9.68. The minimum Gasteiger partial charge on any atom is -0.493 e. The largest absolute Gasteiger partial charge is 0.493 e. The smallest absolute Gasteiger partial charge is 0.416 e. The summed E-state index contributed by atoms with van der Waals surface area (Å²) >= 11 is 0. The summed E-state index contributed by atoms with van der Waals surface area (Å²) in [7, 11) is 2.80. The van der Waals surface area contributed by atoms with E-state index in [0.717, 1.165) is 9.80 Å². The number of urea groups is 1. The van der Waals surface area contributed by atoms with Gasteiger partial charge in [-0.2, -0.15) is 0 Å². The number of hydrogen-bond acceptors (Lipinski definition) is 16. The molecular formula is C57H68N8O17. The molecule has 4 heterocycles. The lowest BCUT2D eigenvalue weighted by Crippen LogP contribution is -2.56. The highest BCUT2D eigenvalue weighted by atomic mass is 16.6. The van der Waals surface area contributed by atoms with Crippen LogP contribution in [0.1, 0.15) is 84.1 Å². The molecule has 438 valence electrons. The van der Waals surface area contributed by atoms with Crippen LogP contribution >= 0.6 is 0 Å². The molecule has 25 nitrogen and oxygen atoms in total. The molecule has 2 saturated heterocycles. The molecule has 0 bridgehead atoms. The fourth-order valence-electron chi connectivity index (χ4n) is 10.6. The number of carbonyl (C=O) groups excluding carboxylic acids is 7. The van der Waals surface area contributed by atoms with E-state index < -0.39 is 83.7 Å². The second kappa shape index (κ2) is 25.7. The number of nitrogens with one attached hydrogen (secondary N) is 3. The molecule has 3 fully saturated rings. The van der Waals surface area contributed by atoms with Crippen LogP contribution in [-0.2, 0) is 30.5 Å². The predicted molar refractivity (Wildman–Crippen MR) is 295 cm³/mol. The number of benzene rings is 3. The first-order valence-electron chi connectivity index (χ1n) is 26.8. The standard InChI is InChI=1S/C57H68N8O17/c1-6-20-81-53(72)57(17-11-18-57)52(71)61-38(12-10-19-59-54(58)73)48(67)60-35-15-13-34(14-16-35)31-82-56(76)65-40-27-46(44(78-5)25-37(40)50(69)62-28-32(2)23-41(62)51(65)70)80-22-9-7-8-21-79-45-26-39-36(24-43(45)77-4)49(68)63-29-33(3)47(66)42(63)30-64(39)55(74)75/h6,13-16,24-27,38,41-42,47,51,66,70H,1-3,7-12,17-23,28-31H2,4-5H3,(H,60,67)(H,61,71)(H,74,75)(H3,58,59,73)/t38-,41-,42-,47?,51-/m0/s1. The molecule has 25 heteroatoms. The fourth-order valence-corrected chi connectivity index (χ4v) is 10.6. The Morgan fingerprint density at radius 3 is 2.02 bits per heavy atom. The van der Waals surface area contributed by atoms with Crippen molar-refractivity contribution >= 4 is 64.9 Å². The number of anilines is 3. The molecule has 82 heavy (non-hydrogen) atoms. The van der Waals surface area contributed by atoms with Crippen molar-refractivity contribution in [2.75, 3.05) is 75.3 Å². The average Bonchev–Trinajstić information content (AvgIpc) is 2.42. The van der Waals surface area contributed by atoms with Crippen LogP contribution in [0.25, 0.3) is 0 Å². The molecule has 5 atom stereocenters. The summed E-state index contributed by atoms with van der Waals surface area (Å²) in [6.07, 6.45) is -0.360. The Hall–Kier alpha value is -8.84. The molecule has 0 aromatic heterocycles. The number of carbonyl (C=O) groups is 8. The molecular weight excluding hydrogens is 1070 g/mol. The van der Waals surface area contributed by atoms with Gasteiger partial charge in [0.1, 0.15) is 24.7 Å². The van der Waals surface area contributed by atoms with Crippen molar-refractivity contribution < 1.29 is 82.1 Å². The Balaban J connectivity index is 0.902. The number of primary amides is 1. The predicted octanol–water partition coefficient (Wildman–Crippen LogP) is 4.59. The molecule has 1 saturated carbocycles. The number of nitrogens with two attached hydrogens (primary N) is 1. The minimum absolute atomic E-state index is 0.00797. The van der Waals surface area contributed by atoms with E-state index in [0.29, 0.717) is 48.1 Å². The van der Waals surface area contributed by atoms with Gasteiger partial charge < -0.3 is 75.2 Å². The van der Waals surface area contributed by atoms with Gasteiger partial charge in [-0.1, -0.05) is 49.9 Å². The Labute approximate surface area is 472 Å². The number of rotatable bonds is 23. The average molecular weight is 1140 g/mol. The zero-order valence-electron chi connectivity index (χ0n) is 45.6. The van der Waals surface area contributed by atoms with Crippen molar-refractivity contribution in [3.63, 3.8) is 0 Å². The van der Waals surface area contributed by atoms with Gasteiger partial charge in [0.05, 0.1) is 74.7 Å². The van der Waals surface area contributed by atoms with E-state index in [9.17, 15) is 53.7 Å². The molecule has 8 amide bonds. The summed E-state index contributed by atoms with van der Waals surface area (Å²) in [6.45, 7) is 11.5. The normalized spacial score (nSPS) is 19.9. The highest BCUT2D eigenvalue weighted by molar-refractivity contribution is 6.08. The fraction of sp³-hybridized carbons (Fsp3) is 0.439. The number of nitrogens with zero attached hydrogens (tertiary/aromatic N) is 4. The van der Waals surface area contributed by atoms with Crippen molar-refractivity contribution in [3.8, 4) is 23.0 Å². The van der Waals surface area contributed by atoms with E-state index in [1.807, 2.05) is 0 Å². The number of hydrogen-bond donors (Lipinski definition) is 7. The summed E-state index contributed by atoms with van der Waals surface area (Å²) in [5.41, 5.74) is 5.85. The van der Waals surface area contributed by atoms with Crippen LogP contribution in [0.15, 0.2) is 85.5 Å². The first-order valence-corrected chi connectivity index (χ1v) is 26.8. The maximum absolute atomic E-state index is 14.3. The van der Waals surface area contributed by atoms with Gasteiger partial charge in [-0.05, 0) is 86.8 Å².